The summed E-state index contributed by atoms with van der Waals surface area (Å²) >= 11 is 0. The summed E-state index contributed by atoms with van der Waals surface area (Å²) in [5, 5.41) is 9.05. The van der Waals surface area contributed by atoms with Crippen LogP contribution in [-0.4, -0.2) is 28.1 Å². The molecule has 1 aliphatic heterocycles. The van der Waals surface area contributed by atoms with Crippen molar-refractivity contribution in [1.82, 2.24) is 20.4 Å². The molecule has 1 unspecified atom stereocenters. The second-order valence-electron chi connectivity index (χ2n) is 3.17. The fourth-order valence-electron chi connectivity index (χ4n) is 1.40. The minimum Gasteiger partial charge on any atom is -0.294 e. The Hall–Kier alpha value is -1.69. The van der Waals surface area contributed by atoms with E-state index in [0.29, 0.717) is 0 Å². The predicted octanol–water partition coefficient (Wildman–Crippen LogP) is -1.29. The van der Waals surface area contributed by atoms with Crippen molar-refractivity contribution in [3.05, 3.63) is 18.0 Å². The number of carbonyl (C=O) groups is 2. The van der Waals surface area contributed by atoms with Crippen LogP contribution in [0.1, 0.15) is 11.6 Å². The Balaban J connectivity index is 2.19. The molecule has 1 fully saturated rings. The molecule has 0 bridgehead atoms. The van der Waals surface area contributed by atoms with Crippen LogP contribution < -0.4 is 10.6 Å². The molecule has 74 valence electrons. The highest BCUT2D eigenvalue weighted by Crippen LogP contribution is 2.13. The standard InChI is InChI=1S/C8H10N4O2/c1-12-4-5(2-10-12)7-8(14)11-6(13)3-9-7/h2,4,7,9H,3H2,1H3,(H,11,13,14). The molecular weight excluding hydrogens is 184 g/mol. The number of carbonyl (C=O) groups excluding carboxylic acids is 2. The van der Waals surface area contributed by atoms with Crippen LogP contribution in [0.15, 0.2) is 12.4 Å². The Labute approximate surface area is 80.3 Å². The number of rotatable bonds is 1. The van der Waals surface area contributed by atoms with E-state index in [2.05, 4.69) is 15.7 Å². The number of piperazine rings is 1. The van der Waals surface area contributed by atoms with E-state index in [4.69, 9.17) is 0 Å². The van der Waals surface area contributed by atoms with Crippen molar-refractivity contribution >= 4 is 11.8 Å². The lowest BCUT2D eigenvalue weighted by molar-refractivity contribution is -0.134. The zero-order valence-electron chi connectivity index (χ0n) is 7.65. The molecule has 0 aliphatic carbocycles. The molecule has 1 aromatic rings. The van der Waals surface area contributed by atoms with E-state index in [9.17, 15) is 9.59 Å². The van der Waals surface area contributed by atoms with E-state index in [1.165, 1.54) is 0 Å². The molecule has 1 aromatic heterocycles. The van der Waals surface area contributed by atoms with E-state index in [0.717, 1.165) is 5.56 Å². The molecule has 1 saturated heterocycles. The number of nitrogens with zero attached hydrogens (tertiary/aromatic N) is 2. The average molecular weight is 194 g/mol. The monoisotopic (exact) mass is 194 g/mol. The summed E-state index contributed by atoms with van der Waals surface area (Å²) in [7, 11) is 1.77. The van der Waals surface area contributed by atoms with Crippen LogP contribution in [0.25, 0.3) is 0 Å². The smallest absolute Gasteiger partial charge is 0.248 e. The van der Waals surface area contributed by atoms with Crippen molar-refractivity contribution in [2.45, 2.75) is 6.04 Å². The zero-order valence-corrected chi connectivity index (χ0v) is 7.65. The van der Waals surface area contributed by atoms with Crippen LogP contribution in [0.3, 0.4) is 0 Å². The summed E-state index contributed by atoms with van der Waals surface area (Å²) in [5.41, 5.74) is 0.762. The quantitative estimate of drug-likeness (QED) is 0.545. The van der Waals surface area contributed by atoms with E-state index < -0.39 is 6.04 Å². The van der Waals surface area contributed by atoms with Crippen LogP contribution in [-0.2, 0) is 16.6 Å². The lowest BCUT2D eigenvalue weighted by atomic mass is 10.1. The molecule has 0 saturated carbocycles. The largest absolute Gasteiger partial charge is 0.294 e. The molecule has 1 aliphatic rings. The van der Waals surface area contributed by atoms with Crippen LogP contribution in [0.5, 0.6) is 0 Å². The summed E-state index contributed by atoms with van der Waals surface area (Å²) in [6.07, 6.45) is 3.35. The molecule has 14 heavy (non-hydrogen) atoms. The molecule has 0 spiro atoms. The van der Waals surface area contributed by atoms with Crippen molar-refractivity contribution in [2.75, 3.05) is 6.54 Å². The Morgan fingerprint density at radius 3 is 2.93 bits per heavy atom. The van der Waals surface area contributed by atoms with Crippen LogP contribution >= 0.6 is 0 Å². The maximum Gasteiger partial charge on any atom is 0.248 e. The fourth-order valence-corrected chi connectivity index (χ4v) is 1.40. The van der Waals surface area contributed by atoms with Gasteiger partial charge in [-0.2, -0.15) is 5.10 Å². The first kappa shape index (κ1) is 8.89. The van der Waals surface area contributed by atoms with Crippen molar-refractivity contribution in [3.8, 4) is 0 Å². The summed E-state index contributed by atoms with van der Waals surface area (Å²) < 4.78 is 1.61. The maximum atomic E-state index is 11.4. The van der Waals surface area contributed by atoms with Gasteiger partial charge in [-0.05, 0) is 0 Å². The predicted molar refractivity (Wildman–Crippen MR) is 47.1 cm³/mol. The summed E-state index contributed by atoms with van der Waals surface area (Å²) in [6, 6.07) is -0.471. The van der Waals surface area contributed by atoms with Crippen LogP contribution in [0.2, 0.25) is 0 Å². The number of aryl methyl sites for hydroxylation is 1. The Morgan fingerprint density at radius 2 is 2.36 bits per heavy atom. The summed E-state index contributed by atoms with van der Waals surface area (Å²) in [6.45, 7) is 0.158. The first-order valence-electron chi connectivity index (χ1n) is 4.22. The lowest BCUT2D eigenvalue weighted by Crippen LogP contribution is -2.50. The third-order valence-electron chi connectivity index (χ3n) is 2.05. The molecular formula is C8H10N4O2. The van der Waals surface area contributed by atoms with Gasteiger partial charge in [0.25, 0.3) is 0 Å². The SMILES string of the molecule is Cn1cc(C2NCC(=O)NC2=O)cn1. The number of hydrogen-bond acceptors (Lipinski definition) is 4. The van der Waals surface area contributed by atoms with Gasteiger partial charge in [-0.1, -0.05) is 0 Å². The van der Waals surface area contributed by atoms with E-state index in [1.807, 2.05) is 0 Å². The summed E-state index contributed by atoms with van der Waals surface area (Å²) in [5.74, 6) is -0.621. The molecule has 1 atom stereocenters. The van der Waals surface area contributed by atoms with Gasteiger partial charge >= 0.3 is 0 Å². The number of nitrogens with one attached hydrogen (secondary N) is 2. The van der Waals surface area contributed by atoms with Gasteiger partial charge in [-0.25, -0.2) is 0 Å². The van der Waals surface area contributed by atoms with Gasteiger partial charge in [0.15, 0.2) is 0 Å². The number of hydrogen-bond donors (Lipinski definition) is 2. The topological polar surface area (TPSA) is 76.0 Å². The number of aromatic nitrogens is 2. The Bertz CT molecular complexity index is 384. The molecule has 0 radical (unpaired) electrons. The van der Waals surface area contributed by atoms with Gasteiger partial charge in [0.2, 0.25) is 11.8 Å². The Morgan fingerprint density at radius 1 is 1.57 bits per heavy atom. The second kappa shape index (κ2) is 3.22. The molecule has 2 amide bonds. The molecule has 6 heteroatoms. The number of amides is 2. The normalized spacial score (nSPS) is 22.2. The molecule has 2 heterocycles. The zero-order chi connectivity index (χ0) is 10.1. The van der Waals surface area contributed by atoms with E-state index in [1.54, 1.807) is 24.1 Å². The van der Waals surface area contributed by atoms with E-state index >= 15 is 0 Å². The van der Waals surface area contributed by atoms with Crippen molar-refractivity contribution in [2.24, 2.45) is 7.05 Å². The number of imide groups is 1. The van der Waals surface area contributed by atoms with Crippen molar-refractivity contribution in [1.29, 1.82) is 0 Å². The third kappa shape index (κ3) is 1.51. The van der Waals surface area contributed by atoms with Gasteiger partial charge < -0.3 is 0 Å². The maximum absolute atomic E-state index is 11.4. The average Bonchev–Trinajstić information content (AvgIpc) is 2.51. The molecule has 0 aromatic carbocycles. The highest BCUT2D eigenvalue weighted by atomic mass is 16.2. The van der Waals surface area contributed by atoms with Gasteiger partial charge in [0.1, 0.15) is 6.04 Å². The highest BCUT2D eigenvalue weighted by Gasteiger charge is 2.27. The highest BCUT2D eigenvalue weighted by molar-refractivity contribution is 6.01. The molecule has 2 N–H and O–H groups in total. The first-order valence-corrected chi connectivity index (χ1v) is 4.22. The van der Waals surface area contributed by atoms with Crippen LogP contribution in [0, 0.1) is 0 Å². The second-order valence-corrected chi connectivity index (χ2v) is 3.17. The van der Waals surface area contributed by atoms with Gasteiger partial charge in [-0.15, -0.1) is 0 Å². The minimum atomic E-state index is -0.471. The fraction of sp³-hybridized carbons (Fsp3) is 0.375. The van der Waals surface area contributed by atoms with Gasteiger partial charge in [0, 0.05) is 18.8 Å². The van der Waals surface area contributed by atoms with Gasteiger partial charge in [-0.3, -0.25) is 24.9 Å². The molecule has 6 nitrogen and oxygen atoms in total. The van der Waals surface area contributed by atoms with Crippen molar-refractivity contribution < 1.29 is 9.59 Å². The first-order chi connectivity index (χ1) is 6.66. The van der Waals surface area contributed by atoms with Crippen LogP contribution in [0.4, 0.5) is 0 Å². The Kier molecular flexibility index (Phi) is 2.05. The molecule has 2 rings (SSSR count). The van der Waals surface area contributed by atoms with Gasteiger partial charge in [0.05, 0.1) is 12.7 Å². The third-order valence-corrected chi connectivity index (χ3v) is 2.05. The lowest BCUT2D eigenvalue weighted by Gasteiger charge is -2.20. The summed E-state index contributed by atoms with van der Waals surface area (Å²) in [4.78, 5) is 22.2. The van der Waals surface area contributed by atoms with E-state index in [-0.39, 0.29) is 18.4 Å². The van der Waals surface area contributed by atoms with Crippen molar-refractivity contribution in [3.63, 3.8) is 0 Å². The minimum absolute atomic E-state index is 0.158.